The average molecular weight is 397 g/mol. The van der Waals surface area contributed by atoms with Gasteiger partial charge in [-0.2, -0.15) is 0 Å². The van der Waals surface area contributed by atoms with E-state index in [4.69, 9.17) is 9.47 Å². The molecule has 2 N–H and O–H groups in total. The van der Waals surface area contributed by atoms with Gasteiger partial charge in [-0.15, -0.1) is 5.10 Å². The first-order valence-electron chi connectivity index (χ1n) is 8.99. The van der Waals surface area contributed by atoms with Crippen LogP contribution in [0.5, 0.6) is 11.5 Å². The lowest BCUT2D eigenvalue weighted by atomic mass is 10.2. The molecule has 3 rings (SSSR count). The van der Waals surface area contributed by atoms with Crippen LogP contribution in [0.25, 0.3) is 11.4 Å². The molecule has 2 amide bonds. The maximum absolute atomic E-state index is 12.4. The standard InChI is InChI=1S/C20H23N5O4/c1-24-18(14-7-5-4-6-8-14)23-25(20(24)27)12-11-21-19(26)22-15-9-10-16(28-2)17(13-15)29-3/h4-10,13H,11-12H2,1-3H3,(H2,21,22,26). The van der Waals surface area contributed by atoms with Crippen LogP contribution in [0.1, 0.15) is 0 Å². The maximum Gasteiger partial charge on any atom is 0.345 e. The van der Waals surface area contributed by atoms with Crippen LogP contribution < -0.4 is 25.8 Å². The van der Waals surface area contributed by atoms with E-state index in [1.165, 1.54) is 16.4 Å². The minimum atomic E-state index is -0.399. The van der Waals surface area contributed by atoms with Gasteiger partial charge in [0, 0.05) is 30.9 Å². The molecule has 0 radical (unpaired) electrons. The Morgan fingerprint density at radius 3 is 2.48 bits per heavy atom. The van der Waals surface area contributed by atoms with E-state index in [1.807, 2.05) is 30.3 Å². The Labute approximate surface area is 167 Å². The Kier molecular flexibility index (Phi) is 6.18. The number of aromatic nitrogens is 3. The number of nitrogens with one attached hydrogen (secondary N) is 2. The minimum Gasteiger partial charge on any atom is -0.493 e. The van der Waals surface area contributed by atoms with Crippen molar-refractivity contribution in [1.29, 1.82) is 0 Å². The summed E-state index contributed by atoms with van der Waals surface area (Å²) in [7, 11) is 4.74. The predicted octanol–water partition coefficient (Wildman–Crippen LogP) is 2.09. The van der Waals surface area contributed by atoms with Gasteiger partial charge in [0.25, 0.3) is 0 Å². The monoisotopic (exact) mass is 397 g/mol. The number of carbonyl (C=O) groups excluding carboxylic acids is 1. The van der Waals surface area contributed by atoms with Crippen LogP contribution in [-0.2, 0) is 13.6 Å². The number of anilines is 1. The number of urea groups is 1. The van der Waals surface area contributed by atoms with Gasteiger partial charge in [-0.05, 0) is 12.1 Å². The Morgan fingerprint density at radius 1 is 1.07 bits per heavy atom. The molecular formula is C20H23N5O4. The van der Waals surface area contributed by atoms with E-state index >= 15 is 0 Å². The van der Waals surface area contributed by atoms with Gasteiger partial charge < -0.3 is 20.1 Å². The third kappa shape index (κ3) is 4.57. The van der Waals surface area contributed by atoms with Crippen LogP contribution in [0.2, 0.25) is 0 Å². The second-order valence-electron chi connectivity index (χ2n) is 6.21. The maximum atomic E-state index is 12.4. The van der Waals surface area contributed by atoms with Crippen molar-refractivity contribution in [3.05, 3.63) is 59.0 Å². The number of methoxy groups -OCH3 is 2. The van der Waals surface area contributed by atoms with Crippen LogP contribution >= 0.6 is 0 Å². The van der Waals surface area contributed by atoms with E-state index in [9.17, 15) is 9.59 Å². The first-order chi connectivity index (χ1) is 14.0. The van der Waals surface area contributed by atoms with Crippen molar-refractivity contribution in [2.24, 2.45) is 7.05 Å². The molecule has 9 nitrogen and oxygen atoms in total. The molecule has 1 heterocycles. The summed E-state index contributed by atoms with van der Waals surface area (Å²) in [6, 6.07) is 14.1. The fourth-order valence-corrected chi connectivity index (χ4v) is 2.84. The molecule has 29 heavy (non-hydrogen) atoms. The van der Waals surface area contributed by atoms with Gasteiger partial charge in [0.1, 0.15) is 0 Å². The molecular weight excluding hydrogens is 374 g/mol. The molecule has 1 aromatic heterocycles. The summed E-state index contributed by atoms with van der Waals surface area (Å²) in [5.74, 6) is 1.66. The zero-order valence-corrected chi connectivity index (χ0v) is 16.5. The molecule has 0 unspecified atom stereocenters. The summed E-state index contributed by atoms with van der Waals surface area (Å²) in [4.78, 5) is 24.5. The van der Waals surface area contributed by atoms with Gasteiger partial charge >= 0.3 is 11.7 Å². The summed E-state index contributed by atoms with van der Waals surface area (Å²) >= 11 is 0. The van der Waals surface area contributed by atoms with E-state index < -0.39 is 6.03 Å². The molecule has 0 spiro atoms. The highest BCUT2D eigenvalue weighted by molar-refractivity contribution is 5.89. The molecule has 0 saturated carbocycles. The zero-order valence-electron chi connectivity index (χ0n) is 16.5. The van der Waals surface area contributed by atoms with Crippen molar-refractivity contribution in [2.75, 3.05) is 26.1 Å². The summed E-state index contributed by atoms with van der Waals surface area (Å²) in [6.45, 7) is 0.489. The molecule has 0 aliphatic heterocycles. The molecule has 0 aliphatic rings. The van der Waals surface area contributed by atoms with Crippen LogP contribution in [0.4, 0.5) is 10.5 Å². The van der Waals surface area contributed by atoms with Crippen LogP contribution in [0.15, 0.2) is 53.3 Å². The molecule has 152 valence electrons. The third-order valence-corrected chi connectivity index (χ3v) is 4.32. The molecule has 0 saturated heterocycles. The molecule has 9 heteroatoms. The Morgan fingerprint density at radius 2 is 1.79 bits per heavy atom. The average Bonchev–Trinajstić information content (AvgIpc) is 3.03. The van der Waals surface area contributed by atoms with Crippen molar-refractivity contribution in [2.45, 2.75) is 6.54 Å². The van der Waals surface area contributed by atoms with Crippen LogP contribution in [-0.4, -0.2) is 41.1 Å². The van der Waals surface area contributed by atoms with E-state index in [0.717, 1.165) is 5.56 Å². The molecule has 0 aliphatic carbocycles. The Hall–Kier alpha value is -3.75. The van der Waals surface area contributed by atoms with Crippen LogP contribution in [0, 0.1) is 0 Å². The number of hydrogen-bond acceptors (Lipinski definition) is 5. The number of ether oxygens (including phenoxy) is 2. The first-order valence-corrected chi connectivity index (χ1v) is 8.99. The zero-order chi connectivity index (χ0) is 20.8. The lowest BCUT2D eigenvalue weighted by Crippen LogP contribution is -2.34. The normalized spacial score (nSPS) is 10.4. The Balaban J connectivity index is 1.59. The summed E-state index contributed by atoms with van der Waals surface area (Å²) in [6.07, 6.45) is 0. The lowest BCUT2D eigenvalue weighted by molar-refractivity contribution is 0.251. The summed E-state index contributed by atoms with van der Waals surface area (Å²) in [5, 5.41) is 9.79. The number of rotatable bonds is 7. The van der Waals surface area contributed by atoms with Gasteiger partial charge in [0.05, 0.1) is 20.8 Å². The SMILES string of the molecule is COc1ccc(NC(=O)NCCn2nc(-c3ccccc3)n(C)c2=O)cc1OC. The fraction of sp³-hybridized carbons (Fsp3) is 0.250. The molecule has 0 atom stereocenters. The van der Waals surface area contributed by atoms with E-state index in [0.29, 0.717) is 23.0 Å². The van der Waals surface area contributed by atoms with Crippen molar-refractivity contribution >= 4 is 11.7 Å². The highest BCUT2D eigenvalue weighted by atomic mass is 16.5. The van der Waals surface area contributed by atoms with E-state index in [1.54, 1.807) is 32.4 Å². The van der Waals surface area contributed by atoms with Gasteiger partial charge in [-0.25, -0.2) is 14.3 Å². The molecule has 0 fully saturated rings. The van der Waals surface area contributed by atoms with Gasteiger partial charge in [-0.1, -0.05) is 30.3 Å². The topological polar surface area (TPSA) is 99.4 Å². The summed E-state index contributed by atoms with van der Waals surface area (Å²) < 4.78 is 13.2. The number of hydrogen-bond donors (Lipinski definition) is 2. The third-order valence-electron chi connectivity index (χ3n) is 4.32. The molecule has 0 bridgehead atoms. The highest BCUT2D eigenvalue weighted by Crippen LogP contribution is 2.29. The lowest BCUT2D eigenvalue weighted by Gasteiger charge is -2.11. The number of amides is 2. The van der Waals surface area contributed by atoms with E-state index in [-0.39, 0.29) is 18.8 Å². The minimum absolute atomic E-state index is 0.240. The largest absolute Gasteiger partial charge is 0.493 e. The van der Waals surface area contributed by atoms with Crippen LogP contribution in [0.3, 0.4) is 0 Å². The second kappa shape index (κ2) is 8.96. The predicted molar refractivity (Wildman–Crippen MR) is 109 cm³/mol. The van der Waals surface area contributed by atoms with Crippen molar-refractivity contribution in [3.8, 4) is 22.9 Å². The quantitative estimate of drug-likeness (QED) is 0.636. The smallest absolute Gasteiger partial charge is 0.345 e. The van der Waals surface area contributed by atoms with Crippen molar-refractivity contribution in [1.82, 2.24) is 19.7 Å². The first kappa shape index (κ1) is 20.0. The van der Waals surface area contributed by atoms with Crippen molar-refractivity contribution in [3.63, 3.8) is 0 Å². The number of carbonyl (C=O) groups is 1. The molecule has 2 aromatic carbocycles. The van der Waals surface area contributed by atoms with Gasteiger partial charge in [-0.3, -0.25) is 4.57 Å². The second-order valence-corrected chi connectivity index (χ2v) is 6.21. The van der Waals surface area contributed by atoms with Gasteiger partial charge in [0.15, 0.2) is 17.3 Å². The summed E-state index contributed by atoms with van der Waals surface area (Å²) in [5.41, 5.74) is 1.16. The van der Waals surface area contributed by atoms with Gasteiger partial charge in [0.2, 0.25) is 0 Å². The highest BCUT2D eigenvalue weighted by Gasteiger charge is 2.12. The fourth-order valence-electron chi connectivity index (χ4n) is 2.84. The Bertz CT molecular complexity index is 1040. The van der Waals surface area contributed by atoms with E-state index in [2.05, 4.69) is 15.7 Å². The van der Waals surface area contributed by atoms with Crippen molar-refractivity contribution < 1.29 is 14.3 Å². The molecule has 3 aromatic rings. The number of benzene rings is 2. The number of nitrogens with zero attached hydrogens (tertiary/aromatic N) is 3.